The van der Waals surface area contributed by atoms with Gasteiger partial charge in [0.1, 0.15) is 0 Å². The summed E-state index contributed by atoms with van der Waals surface area (Å²) in [6.45, 7) is 5.77. The molecule has 3 rings (SSSR count). The predicted molar refractivity (Wildman–Crippen MR) is 106 cm³/mol. The van der Waals surface area contributed by atoms with Crippen LogP contribution < -0.4 is 5.32 Å². The first kappa shape index (κ1) is 19.3. The molecule has 0 radical (unpaired) electrons. The number of amides is 1. The lowest BCUT2D eigenvalue weighted by atomic mass is 9.89. The average Bonchev–Trinajstić information content (AvgIpc) is 2.64. The van der Waals surface area contributed by atoms with E-state index in [2.05, 4.69) is 12.2 Å². The van der Waals surface area contributed by atoms with E-state index in [1.807, 2.05) is 32.0 Å². The van der Waals surface area contributed by atoms with Crippen molar-refractivity contribution in [1.29, 1.82) is 0 Å². The lowest BCUT2D eigenvalue weighted by Crippen LogP contribution is -2.35. The predicted octanol–water partition coefficient (Wildman–Crippen LogP) is 3.88. The molecule has 0 unspecified atom stereocenters. The number of carbonyl (C=O) groups excluding carboxylic acids is 2. The van der Waals surface area contributed by atoms with Crippen LogP contribution in [-0.4, -0.2) is 29.5 Å². The van der Waals surface area contributed by atoms with Gasteiger partial charge in [0.25, 0.3) is 5.91 Å². The lowest BCUT2D eigenvalue weighted by Gasteiger charge is -2.20. The fourth-order valence-electron chi connectivity index (χ4n) is 3.80. The molecule has 27 heavy (non-hydrogen) atoms. The summed E-state index contributed by atoms with van der Waals surface area (Å²) in [6, 6.07) is 6.02. The number of nitrogens with one attached hydrogen (secondary N) is 1. The van der Waals surface area contributed by atoms with Crippen LogP contribution in [0.4, 0.5) is 0 Å². The maximum Gasteiger partial charge on any atom is 0.339 e. The first-order valence-corrected chi connectivity index (χ1v) is 9.88. The number of hydrogen-bond donors (Lipinski definition) is 1. The van der Waals surface area contributed by atoms with Crippen molar-refractivity contribution in [1.82, 2.24) is 10.3 Å². The third-order valence-electron chi connectivity index (χ3n) is 5.08. The van der Waals surface area contributed by atoms with Gasteiger partial charge >= 0.3 is 5.97 Å². The molecule has 2 aromatic rings. The number of fused-ring (bicyclic) bond motifs is 2. The number of nitrogens with zero attached hydrogens (tertiary/aromatic N) is 1. The minimum absolute atomic E-state index is 0.0818. The van der Waals surface area contributed by atoms with Gasteiger partial charge in [-0.15, -0.1) is 0 Å². The van der Waals surface area contributed by atoms with Crippen LogP contribution in [0.1, 0.15) is 66.7 Å². The molecule has 5 heteroatoms. The molecule has 1 amide bonds. The molecule has 1 heterocycles. The van der Waals surface area contributed by atoms with Crippen molar-refractivity contribution >= 4 is 22.8 Å². The number of benzene rings is 1. The summed E-state index contributed by atoms with van der Waals surface area (Å²) in [4.78, 5) is 29.8. The summed E-state index contributed by atoms with van der Waals surface area (Å²) in [7, 11) is 0. The third kappa shape index (κ3) is 4.46. The highest BCUT2D eigenvalue weighted by Gasteiger charge is 2.24. The quantitative estimate of drug-likeness (QED) is 0.786. The number of carbonyl (C=O) groups is 2. The largest absolute Gasteiger partial charge is 0.452 e. The van der Waals surface area contributed by atoms with Gasteiger partial charge in [-0.1, -0.05) is 25.0 Å². The van der Waals surface area contributed by atoms with Gasteiger partial charge in [0.05, 0.1) is 11.1 Å². The Bertz CT molecular complexity index is 860. The second-order valence-electron chi connectivity index (χ2n) is 7.47. The van der Waals surface area contributed by atoms with Crippen LogP contribution in [-0.2, 0) is 22.4 Å². The molecule has 0 bridgehead atoms. The molecular formula is C22H28N2O3. The van der Waals surface area contributed by atoms with E-state index in [0.717, 1.165) is 66.2 Å². The number of aromatic nitrogens is 1. The van der Waals surface area contributed by atoms with Crippen molar-refractivity contribution in [2.24, 2.45) is 0 Å². The van der Waals surface area contributed by atoms with Crippen LogP contribution in [0.3, 0.4) is 0 Å². The first-order valence-electron chi connectivity index (χ1n) is 9.88. The van der Waals surface area contributed by atoms with E-state index in [-0.39, 0.29) is 18.6 Å². The molecule has 0 spiro atoms. The van der Waals surface area contributed by atoms with Crippen LogP contribution in [0.2, 0.25) is 0 Å². The minimum Gasteiger partial charge on any atom is -0.452 e. The van der Waals surface area contributed by atoms with Gasteiger partial charge in [0.2, 0.25) is 0 Å². The topological polar surface area (TPSA) is 68.3 Å². The van der Waals surface area contributed by atoms with E-state index >= 15 is 0 Å². The Morgan fingerprint density at radius 2 is 2.04 bits per heavy atom. The van der Waals surface area contributed by atoms with Gasteiger partial charge in [-0.05, 0) is 63.6 Å². The van der Waals surface area contributed by atoms with Crippen LogP contribution in [0.5, 0.6) is 0 Å². The Hall–Kier alpha value is -2.43. The summed E-state index contributed by atoms with van der Waals surface area (Å²) >= 11 is 0. The van der Waals surface area contributed by atoms with Gasteiger partial charge in [-0.2, -0.15) is 0 Å². The van der Waals surface area contributed by atoms with E-state index in [9.17, 15) is 9.59 Å². The van der Waals surface area contributed by atoms with Gasteiger partial charge < -0.3 is 10.1 Å². The fraction of sp³-hybridized carbons (Fsp3) is 0.500. The van der Waals surface area contributed by atoms with Crippen molar-refractivity contribution in [3.8, 4) is 0 Å². The monoisotopic (exact) mass is 368 g/mol. The Morgan fingerprint density at radius 3 is 2.81 bits per heavy atom. The molecule has 1 aliphatic carbocycles. The highest BCUT2D eigenvalue weighted by Crippen LogP contribution is 2.30. The molecule has 0 fully saturated rings. The molecule has 5 nitrogen and oxygen atoms in total. The normalized spacial score (nSPS) is 14.5. The van der Waals surface area contributed by atoms with Crippen molar-refractivity contribution in [2.75, 3.05) is 6.61 Å². The van der Waals surface area contributed by atoms with Gasteiger partial charge in [-0.3, -0.25) is 9.78 Å². The summed E-state index contributed by atoms with van der Waals surface area (Å²) in [5.41, 5.74) is 4.46. The highest BCUT2D eigenvalue weighted by atomic mass is 16.5. The van der Waals surface area contributed by atoms with Crippen molar-refractivity contribution in [3.63, 3.8) is 0 Å². The van der Waals surface area contributed by atoms with Crippen molar-refractivity contribution in [2.45, 2.75) is 65.3 Å². The maximum absolute atomic E-state index is 12.9. The van der Waals surface area contributed by atoms with E-state index < -0.39 is 5.97 Å². The van der Waals surface area contributed by atoms with Crippen LogP contribution in [0.25, 0.3) is 10.9 Å². The van der Waals surface area contributed by atoms with Crippen LogP contribution in [0, 0.1) is 6.92 Å². The van der Waals surface area contributed by atoms with Crippen molar-refractivity contribution in [3.05, 3.63) is 40.6 Å². The van der Waals surface area contributed by atoms with Gasteiger partial charge in [-0.25, -0.2) is 4.79 Å². The maximum atomic E-state index is 12.9. The Labute approximate surface area is 160 Å². The Balaban J connectivity index is 1.85. The molecule has 1 aromatic carbocycles. The second-order valence-corrected chi connectivity index (χ2v) is 7.47. The second kappa shape index (κ2) is 8.51. The molecule has 0 saturated carbocycles. The van der Waals surface area contributed by atoms with E-state index in [1.165, 1.54) is 0 Å². The van der Waals surface area contributed by atoms with E-state index in [4.69, 9.17) is 9.72 Å². The molecular weight excluding hydrogens is 340 g/mol. The number of aryl methyl sites for hydroxylation is 2. The zero-order chi connectivity index (χ0) is 19.4. The van der Waals surface area contributed by atoms with Crippen molar-refractivity contribution < 1.29 is 14.3 Å². The van der Waals surface area contributed by atoms with E-state index in [1.54, 1.807) is 0 Å². The number of pyridine rings is 1. The van der Waals surface area contributed by atoms with Crippen LogP contribution in [0.15, 0.2) is 18.2 Å². The first-order chi connectivity index (χ1) is 13.0. The number of rotatable bonds is 6. The minimum atomic E-state index is -0.426. The summed E-state index contributed by atoms with van der Waals surface area (Å²) in [5, 5.41) is 3.69. The molecule has 144 valence electrons. The number of ether oxygens (including phenoxy) is 1. The van der Waals surface area contributed by atoms with Gasteiger partial charge in [0, 0.05) is 17.1 Å². The smallest absolute Gasteiger partial charge is 0.339 e. The van der Waals surface area contributed by atoms with Crippen LogP contribution >= 0.6 is 0 Å². The Kier molecular flexibility index (Phi) is 6.09. The zero-order valence-corrected chi connectivity index (χ0v) is 16.4. The molecule has 0 aliphatic heterocycles. The summed E-state index contributed by atoms with van der Waals surface area (Å²) in [5.74, 6) is -0.683. The van der Waals surface area contributed by atoms with Gasteiger partial charge in [0.15, 0.2) is 6.61 Å². The molecule has 1 N–H and O–H groups in total. The molecule has 1 aromatic heterocycles. The van der Waals surface area contributed by atoms with E-state index in [0.29, 0.717) is 5.56 Å². The number of hydrogen-bond acceptors (Lipinski definition) is 4. The number of esters is 1. The SMILES string of the molecule is CCC[C@@H](C)NC(=O)COC(=O)c1c2c(nc3ccc(C)cc13)CCCC2. The fourth-order valence-corrected chi connectivity index (χ4v) is 3.80. The zero-order valence-electron chi connectivity index (χ0n) is 16.4. The average molecular weight is 368 g/mol. The third-order valence-corrected chi connectivity index (χ3v) is 5.08. The molecule has 1 aliphatic rings. The lowest BCUT2D eigenvalue weighted by molar-refractivity contribution is -0.124. The Morgan fingerprint density at radius 1 is 1.26 bits per heavy atom. The molecule has 1 atom stereocenters. The highest BCUT2D eigenvalue weighted by molar-refractivity contribution is 6.05. The summed E-state index contributed by atoms with van der Waals surface area (Å²) in [6.07, 6.45) is 5.74. The standard InChI is InChI=1S/C22H28N2O3/c1-4-7-15(3)23-20(25)13-27-22(26)21-16-8-5-6-9-18(16)24-19-11-10-14(2)12-17(19)21/h10-12,15H,4-9,13H2,1-3H3,(H,23,25)/t15-/m1/s1. The summed E-state index contributed by atoms with van der Waals surface area (Å²) < 4.78 is 5.40. The molecule has 0 saturated heterocycles.